The topological polar surface area (TPSA) is 67.6 Å². The lowest BCUT2D eigenvalue weighted by atomic mass is 10.1. The van der Waals surface area contributed by atoms with Crippen molar-refractivity contribution in [2.45, 2.75) is 46.3 Å². The molecular weight excluding hydrogens is 334 g/mol. The highest BCUT2D eigenvalue weighted by Crippen LogP contribution is 2.33. The Labute approximate surface area is 155 Å². The van der Waals surface area contributed by atoms with Crippen molar-refractivity contribution in [3.05, 3.63) is 47.8 Å². The van der Waals surface area contributed by atoms with Crippen molar-refractivity contribution in [1.82, 2.24) is 15.0 Å². The first-order valence-electron chi connectivity index (χ1n) is 9.15. The first-order chi connectivity index (χ1) is 12.7. The second-order valence-electron chi connectivity index (χ2n) is 5.56. The lowest BCUT2D eigenvalue weighted by molar-refractivity contribution is -0.361. The second-order valence-corrected chi connectivity index (χ2v) is 5.56. The molecule has 2 aromatic rings. The van der Waals surface area contributed by atoms with Gasteiger partial charge in [-0.2, -0.15) is 0 Å². The molecule has 0 unspecified atom stereocenters. The Morgan fingerprint density at radius 2 is 1.54 bits per heavy atom. The Kier molecular flexibility index (Phi) is 8.18. The summed E-state index contributed by atoms with van der Waals surface area (Å²) in [6.07, 6.45) is 1.09. The Morgan fingerprint density at radius 1 is 0.923 bits per heavy atom. The fourth-order valence-electron chi connectivity index (χ4n) is 2.75. The zero-order chi connectivity index (χ0) is 18.8. The number of nitrogens with zero attached hydrogens (tertiary/aromatic N) is 3. The smallest absolute Gasteiger partial charge is 0.268 e. The van der Waals surface area contributed by atoms with E-state index in [4.69, 9.17) is 18.9 Å². The summed E-state index contributed by atoms with van der Waals surface area (Å²) < 4.78 is 25.3. The number of hydrogen-bond donors (Lipinski definition) is 0. The van der Waals surface area contributed by atoms with E-state index in [9.17, 15) is 0 Å². The summed E-state index contributed by atoms with van der Waals surface area (Å²) in [4.78, 5) is 0. The molecule has 0 N–H and O–H groups in total. The van der Waals surface area contributed by atoms with Crippen LogP contribution in [0.25, 0.3) is 0 Å². The van der Waals surface area contributed by atoms with E-state index in [2.05, 4.69) is 10.3 Å². The number of rotatable bonds is 12. The van der Waals surface area contributed by atoms with Gasteiger partial charge in [0.2, 0.25) is 6.29 Å². The van der Waals surface area contributed by atoms with Crippen LogP contribution in [0.3, 0.4) is 0 Å². The molecule has 0 radical (unpaired) electrons. The molecule has 7 heteroatoms. The highest BCUT2D eigenvalue weighted by molar-refractivity contribution is 5.15. The third kappa shape index (κ3) is 4.88. The summed E-state index contributed by atoms with van der Waals surface area (Å²) in [7, 11) is 0. The summed E-state index contributed by atoms with van der Waals surface area (Å²) >= 11 is 0. The number of ether oxygens (including phenoxy) is 4. The van der Waals surface area contributed by atoms with Crippen LogP contribution in [0.2, 0.25) is 0 Å². The van der Waals surface area contributed by atoms with Gasteiger partial charge in [0, 0.05) is 26.4 Å². The molecule has 2 rings (SSSR count). The van der Waals surface area contributed by atoms with Gasteiger partial charge in [-0.05, 0) is 33.3 Å². The zero-order valence-electron chi connectivity index (χ0n) is 16.1. The van der Waals surface area contributed by atoms with Crippen LogP contribution >= 0.6 is 0 Å². The van der Waals surface area contributed by atoms with Crippen LogP contribution < -0.4 is 0 Å². The molecule has 1 aromatic heterocycles. The van der Waals surface area contributed by atoms with Gasteiger partial charge >= 0.3 is 0 Å². The Morgan fingerprint density at radius 3 is 2.08 bits per heavy atom. The van der Waals surface area contributed by atoms with E-state index in [1.165, 1.54) is 0 Å². The molecular formula is C19H29N3O4. The number of hydrogen-bond acceptors (Lipinski definition) is 6. The maximum Gasteiger partial charge on any atom is 0.268 e. The molecule has 0 saturated heterocycles. The van der Waals surface area contributed by atoms with Crippen LogP contribution in [-0.2, 0) is 31.3 Å². The summed E-state index contributed by atoms with van der Waals surface area (Å²) in [5.74, 6) is -1.26. The van der Waals surface area contributed by atoms with Gasteiger partial charge in [0.1, 0.15) is 5.69 Å². The molecule has 26 heavy (non-hydrogen) atoms. The van der Waals surface area contributed by atoms with Crippen LogP contribution in [0, 0.1) is 0 Å². The van der Waals surface area contributed by atoms with Crippen LogP contribution in [0.5, 0.6) is 0 Å². The molecule has 1 aromatic carbocycles. The second kappa shape index (κ2) is 10.4. The van der Waals surface area contributed by atoms with Crippen molar-refractivity contribution in [1.29, 1.82) is 0 Å². The average molecular weight is 363 g/mol. The molecule has 1 heterocycles. The van der Waals surface area contributed by atoms with E-state index in [0.29, 0.717) is 38.7 Å². The zero-order valence-corrected chi connectivity index (χ0v) is 16.1. The van der Waals surface area contributed by atoms with Crippen molar-refractivity contribution in [3.8, 4) is 0 Å². The van der Waals surface area contributed by atoms with Gasteiger partial charge in [0.05, 0.1) is 12.7 Å². The normalized spacial score (nSPS) is 12.0. The Hall–Kier alpha value is -1.80. The van der Waals surface area contributed by atoms with Gasteiger partial charge < -0.3 is 18.9 Å². The minimum atomic E-state index is -1.26. The SMILES string of the molecule is CCOC(OCC)C(OCC)(OCC)c1cn(Cc2ccccc2)nn1. The van der Waals surface area contributed by atoms with E-state index in [1.807, 2.05) is 64.2 Å². The Balaban J connectivity index is 2.34. The molecule has 0 aliphatic carbocycles. The van der Waals surface area contributed by atoms with Gasteiger partial charge in [0.25, 0.3) is 5.79 Å². The van der Waals surface area contributed by atoms with Crippen molar-refractivity contribution in [2.24, 2.45) is 0 Å². The van der Waals surface area contributed by atoms with Crippen LogP contribution in [-0.4, -0.2) is 47.7 Å². The number of aromatic nitrogens is 3. The van der Waals surface area contributed by atoms with E-state index in [-0.39, 0.29) is 0 Å². The van der Waals surface area contributed by atoms with Crippen molar-refractivity contribution in [2.75, 3.05) is 26.4 Å². The average Bonchev–Trinajstić information content (AvgIpc) is 3.11. The van der Waals surface area contributed by atoms with E-state index >= 15 is 0 Å². The fourth-order valence-corrected chi connectivity index (χ4v) is 2.75. The van der Waals surface area contributed by atoms with Gasteiger partial charge in [-0.1, -0.05) is 35.5 Å². The maximum absolute atomic E-state index is 6.00. The molecule has 0 spiro atoms. The largest absolute Gasteiger partial charge is 0.348 e. The molecule has 0 amide bonds. The summed E-state index contributed by atoms with van der Waals surface area (Å²) in [5.41, 5.74) is 1.66. The van der Waals surface area contributed by atoms with Crippen molar-refractivity contribution < 1.29 is 18.9 Å². The predicted octanol–water partition coefficient (Wildman–Crippen LogP) is 2.95. The van der Waals surface area contributed by atoms with Crippen molar-refractivity contribution >= 4 is 0 Å². The standard InChI is InChI=1S/C19H29N3O4/c1-5-23-18(24-6-2)19(25-7-3,26-8-4)17-15-22(21-20-17)14-16-12-10-9-11-13-16/h9-13,15,18H,5-8,14H2,1-4H3. The van der Waals surface area contributed by atoms with E-state index < -0.39 is 12.1 Å². The molecule has 0 bridgehead atoms. The van der Waals surface area contributed by atoms with Crippen LogP contribution in [0.4, 0.5) is 0 Å². The summed E-state index contributed by atoms with van der Waals surface area (Å²) in [5, 5.41) is 8.55. The third-order valence-corrected chi connectivity index (χ3v) is 3.75. The third-order valence-electron chi connectivity index (χ3n) is 3.75. The molecule has 0 aliphatic rings. The molecule has 0 saturated carbocycles. The Bertz CT molecular complexity index is 621. The van der Waals surface area contributed by atoms with Gasteiger partial charge in [0.15, 0.2) is 0 Å². The van der Waals surface area contributed by atoms with Crippen LogP contribution in [0.15, 0.2) is 36.5 Å². The molecule has 7 nitrogen and oxygen atoms in total. The first-order valence-corrected chi connectivity index (χ1v) is 9.15. The summed E-state index contributed by atoms with van der Waals surface area (Å²) in [6.45, 7) is 9.98. The minimum absolute atomic E-state index is 0.419. The lowest BCUT2D eigenvalue weighted by Gasteiger charge is -2.37. The lowest BCUT2D eigenvalue weighted by Crippen LogP contribution is -2.48. The first kappa shape index (κ1) is 20.5. The molecule has 144 valence electrons. The highest BCUT2D eigenvalue weighted by Gasteiger charge is 2.47. The van der Waals surface area contributed by atoms with Crippen molar-refractivity contribution in [3.63, 3.8) is 0 Å². The molecule has 0 atom stereocenters. The van der Waals surface area contributed by atoms with E-state index in [1.54, 1.807) is 4.68 Å². The van der Waals surface area contributed by atoms with Gasteiger partial charge in [-0.15, -0.1) is 5.10 Å². The fraction of sp³-hybridized carbons (Fsp3) is 0.579. The molecule has 0 aliphatic heterocycles. The highest BCUT2D eigenvalue weighted by atomic mass is 16.8. The summed E-state index contributed by atoms with van der Waals surface area (Å²) in [6, 6.07) is 10.1. The minimum Gasteiger partial charge on any atom is -0.348 e. The number of benzene rings is 1. The molecule has 0 fully saturated rings. The monoisotopic (exact) mass is 363 g/mol. The predicted molar refractivity (Wildman–Crippen MR) is 97.5 cm³/mol. The van der Waals surface area contributed by atoms with Gasteiger partial charge in [-0.3, -0.25) is 0 Å². The van der Waals surface area contributed by atoms with Crippen LogP contribution in [0.1, 0.15) is 39.0 Å². The quantitative estimate of drug-likeness (QED) is 0.540. The van der Waals surface area contributed by atoms with Gasteiger partial charge in [-0.25, -0.2) is 4.68 Å². The van der Waals surface area contributed by atoms with E-state index in [0.717, 1.165) is 5.56 Å². The maximum atomic E-state index is 6.00.